The third kappa shape index (κ3) is 4.98. The van der Waals surface area contributed by atoms with Gasteiger partial charge in [0.15, 0.2) is 11.6 Å². The predicted octanol–water partition coefficient (Wildman–Crippen LogP) is 5.66. The first-order valence-corrected chi connectivity index (χ1v) is 11.8. The number of para-hydroxylation sites is 2. The first kappa shape index (κ1) is 22.9. The molecule has 6 rings (SSSR count). The zero-order chi connectivity index (χ0) is 24.9. The van der Waals surface area contributed by atoms with Gasteiger partial charge < -0.3 is 14.7 Å². The van der Waals surface area contributed by atoms with Crippen LogP contribution in [0.15, 0.2) is 83.7 Å². The summed E-state index contributed by atoms with van der Waals surface area (Å²) in [6.07, 6.45) is -0.611. The molecule has 3 N–H and O–H groups in total. The number of nitrogens with zero attached hydrogens (tertiary/aromatic N) is 3. The average molecular weight is 497 g/mol. The summed E-state index contributed by atoms with van der Waals surface area (Å²) in [5.74, 6) is 1.03. The van der Waals surface area contributed by atoms with Crippen LogP contribution in [0.1, 0.15) is 15.9 Å². The Kier molecular flexibility index (Phi) is 6.50. The molecular formula is C26H20N6O3S. The summed E-state index contributed by atoms with van der Waals surface area (Å²) in [4.78, 5) is 42.6. The van der Waals surface area contributed by atoms with E-state index in [0.717, 1.165) is 28.1 Å². The van der Waals surface area contributed by atoms with E-state index in [4.69, 9.17) is 0 Å². The summed E-state index contributed by atoms with van der Waals surface area (Å²) < 4.78 is 4.51. The van der Waals surface area contributed by atoms with Gasteiger partial charge in [0.2, 0.25) is 5.95 Å². The fourth-order valence-electron chi connectivity index (χ4n) is 3.51. The number of aromatic amines is 2. The van der Waals surface area contributed by atoms with Gasteiger partial charge in [0.1, 0.15) is 5.69 Å². The average Bonchev–Trinajstić information content (AvgIpc) is 3.67. The van der Waals surface area contributed by atoms with Gasteiger partial charge in [-0.3, -0.25) is 10.1 Å². The number of carbonyl (C=O) groups is 2. The molecule has 10 heteroatoms. The van der Waals surface area contributed by atoms with Crippen LogP contribution in [-0.4, -0.2) is 43.9 Å². The predicted molar refractivity (Wildman–Crippen MR) is 139 cm³/mol. The van der Waals surface area contributed by atoms with E-state index in [-0.39, 0.29) is 11.7 Å². The van der Waals surface area contributed by atoms with Crippen molar-refractivity contribution in [3.63, 3.8) is 0 Å². The van der Waals surface area contributed by atoms with Crippen LogP contribution < -0.4 is 5.32 Å². The number of aromatic nitrogens is 5. The molecule has 3 heterocycles. The fourth-order valence-corrected chi connectivity index (χ4v) is 4.05. The molecular weight excluding hydrogens is 476 g/mol. The Morgan fingerprint density at radius 3 is 2.39 bits per heavy atom. The highest BCUT2D eigenvalue weighted by atomic mass is 32.1. The Balaban J connectivity index is 0.000000163. The summed E-state index contributed by atoms with van der Waals surface area (Å²) in [7, 11) is 1.27. The van der Waals surface area contributed by atoms with E-state index in [1.807, 2.05) is 53.4 Å². The number of hydrogen-bond donors (Lipinski definition) is 3. The molecule has 3 aromatic carbocycles. The second-order valence-corrected chi connectivity index (χ2v) is 8.32. The number of imidazole rings is 2. The number of amides is 1. The minimum absolute atomic E-state index is 0.0759. The van der Waals surface area contributed by atoms with E-state index in [1.165, 1.54) is 7.11 Å². The van der Waals surface area contributed by atoms with Crippen molar-refractivity contribution < 1.29 is 14.3 Å². The highest BCUT2D eigenvalue weighted by Gasteiger charge is 2.12. The number of ether oxygens (including phenoxy) is 1. The molecule has 0 radical (unpaired) electrons. The Morgan fingerprint density at radius 2 is 1.64 bits per heavy atom. The highest BCUT2D eigenvalue weighted by molar-refractivity contribution is 7.07. The van der Waals surface area contributed by atoms with Crippen molar-refractivity contribution in [2.75, 3.05) is 12.4 Å². The van der Waals surface area contributed by atoms with E-state index < -0.39 is 6.09 Å². The summed E-state index contributed by atoms with van der Waals surface area (Å²) in [5.41, 5.74) is 7.21. The van der Waals surface area contributed by atoms with E-state index in [2.05, 4.69) is 35.0 Å². The number of nitrogens with one attached hydrogen (secondary N) is 3. The maximum Gasteiger partial charge on any atom is 0.413 e. The van der Waals surface area contributed by atoms with Gasteiger partial charge in [-0.1, -0.05) is 42.5 Å². The minimum atomic E-state index is -0.611. The van der Waals surface area contributed by atoms with Gasteiger partial charge in [0.05, 0.1) is 34.7 Å². The SMILES string of the molecule is COC(=O)Nc1nc2cc(C(=O)c3ccccc3)ccc2[nH]1.c1ccc2[nH]c(-c3cscn3)nc2c1. The lowest BCUT2D eigenvalue weighted by Crippen LogP contribution is -2.11. The van der Waals surface area contributed by atoms with Crippen LogP contribution >= 0.6 is 11.3 Å². The monoisotopic (exact) mass is 496 g/mol. The number of methoxy groups -OCH3 is 1. The molecule has 0 spiro atoms. The maximum absolute atomic E-state index is 12.4. The van der Waals surface area contributed by atoms with Crippen molar-refractivity contribution in [2.45, 2.75) is 0 Å². The van der Waals surface area contributed by atoms with Gasteiger partial charge >= 0.3 is 6.09 Å². The molecule has 0 saturated heterocycles. The third-order valence-corrected chi connectivity index (χ3v) is 5.84. The smallest absolute Gasteiger partial charge is 0.413 e. The van der Waals surface area contributed by atoms with Gasteiger partial charge in [0, 0.05) is 16.5 Å². The molecule has 36 heavy (non-hydrogen) atoms. The second kappa shape index (κ2) is 10.2. The van der Waals surface area contributed by atoms with E-state index in [0.29, 0.717) is 16.6 Å². The van der Waals surface area contributed by atoms with Crippen LogP contribution in [0, 0.1) is 0 Å². The fraction of sp³-hybridized carbons (Fsp3) is 0.0385. The molecule has 0 fully saturated rings. The third-order valence-electron chi connectivity index (χ3n) is 5.25. The van der Waals surface area contributed by atoms with Crippen LogP contribution in [-0.2, 0) is 4.74 Å². The molecule has 0 saturated carbocycles. The van der Waals surface area contributed by atoms with Crippen LogP contribution in [0.3, 0.4) is 0 Å². The molecule has 0 bridgehead atoms. The van der Waals surface area contributed by atoms with Gasteiger partial charge in [0.25, 0.3) is 0 Å². The van der Waals surface area contributed by atoms with Gasteiger partial charge in [-0.2, -0.15) is 0 Å². The Hall–Kier alpha value is -4.83. The van der Waals surface area contributed by atoms with Crippen molar-refractivity contribution in [2.24, 2.45) is 0 Å². The van der Waals surface area contributed by atoms with Gasteiger partial charge in [-0.15, -0.1) is 11.3 Å². The number of carbonyl (C=O) groups excluding carboxylic acids is 2. The van der Waals surface area contributed by atoms with Gasteiger partial charge in [-0.05, 0) is 30.3 Å². The van der Waals surface area contributed by atoms with Crippen molar-refractivity contribution in [1.29, 1.82) is 0 Å². The zero-order valence-electron chi connectivity index (χ0n) is 19.1. The number of rotatable bonds is 4. The van der Waals surface area contributed by atoms with Crippen molar-refractivity contribution in [3.05, 3.63) is 94.8 Å². The van der Waals surface area contributed by atoms with Crippen LogP contribution in [0.5, 0.6) is 0 Å². The number of anilines is 1. The van der Waals surface area contributed by atoms with E-state index in [9.17, 15) is 9.59 Å². The number of hydrogen-bond acceptors (Lipinski definition) is 7. The normalized spacial score (nSPS) is 10.6. The van der Waals surface area contributed by atoms with E-state index >= 15 is 0 Å². The quantitative estimate of drug-likeness (QED) is 0.271. The molecule has 9 nitrogen and oxygen atoms in total. The topological polar surface area (TPSA) is 126 Å². The summed E-state index contributed by atoms with van der Waals surface area (Å²) in [5, 5.41) is 4.43. The Bertz CT molecular complexity index is 1610. The highest BCUT2D eigenvalue weighted by Crippen LogP contribution is 2.20. The summed E-state index contributed by atoms with van der Waals surface area (Å²) in [6.45, 7) is 0. The molecule has 178 valence electrons. The van der Waals surface area contributed by atoms with Crippen LogP contribution in [0.4, 0.5) is 10.7 Å². The number of H-pyrrole nitrogens is 2. The van der Waals surface area contributed by atoms with Crippen molar-refractivity contribution in [3.8, 4) is 11.5 Å². The Labute approximate surface area is 209 Å². The summed E-state index contributed by atoms with van der Waals surface area (Å²) >= 11 is 1.57. The zero-order valence-corrected chi connectivity index (χ0v) is 19.9. The number of benzene rings is 3. The van der Waals surface area contributed by atoms with Crippen molar-refractivity contribution in [1.82, 2.24) is 24.9 Å². The molecule has 0 aliphatic rings. The second-order valence-electron chi connectivity index (χ2n) is 7.61. The molecule has 1 amide bonds. The largest absolute Gasteiger partial charge is 0.453 e. The maximum atomic E-state index is 12.4. The molecule has 6 aromatic rings. The van der Waals surface area contributed by atoms with Gasteiger partial charge in [-0.25, -0.2) is 19.7 Å². The minimum Gasteiger partial charge on any atom is -0.453 e. The lowest BCUT2D eigenvalue weighted by molar-refractivity contribution is 0.103. The standard InChI is InChI=1S/C16H13N3O3.C10H7N3S/c1-22-16(21)19-15-17-12-8-7-11(9-13(12)18-15)14(20)10-5-3-2-4-6-10;1-2-4-8-7(3-1)12-10(13-8)9-5-14-6-11-9/h2-9H,1H3,(H2,17,18,19,21);1-6H,(H,12,13). The van der Waals surface area contributed by atoms with Crippen LogP contribution in [0.2, 0.25) is 0 Å². The first-order valence-electron chi connectivity index (χ1n) is 10.9. The molecule has 0 aliphatic carbocycles. The lowest BCUT2D eigenvalue weighted by atomic mass is 10.0. The lowest BCUT2D eigenvalue weighted by Gasteiger charge is -2.00. The summed E-state index contributed by atoms with van der Waals surface area (Å²) in [6, 6.07) is 22.2. The van der Waals surface area contributed by atoms with Crippen LogP contribution in [0.25, 0.3) is 33.6 Å². The number of thiazole rings is 1. The molecule has 0 unspecified atom stereocenters. The van der Waals surface area contributed by atoms with E-state index in [1.54, 1.807) is 41.7 Å². The molecule has 0 atom stereocenters. The number of fused-ring (bicyclic) bond motifs is 2. The molecule has 3 aromatic heterocycles. The number of ketones is 1. The Morgan fingerprint density at radius 1 is 0.861 bits per heavy atom. The molecule has 0 aliphatic heterocycles. The first-order chi connectivity index (χ1) is 17.6. The van der Waals surface area contributed by atoms with Crippen molar-refractivity contribution >= 4 is 51.2 Å².